The second-order valence-corrected chi connectivity index (χ2v) is 8.98. The van der Waals surface area contributed by atoms with Gasteiger partial charge >= 0.3 is 5.69 Å². The summed E-state index contributed by atoms with van der Waals surface area (Å²) in [5.41, 5.74) is 0.614. The fraction of sp³-hybridized carbons (Fsp3) is 0.136. The number of rotatable bonds is 5. The molecular weight excluding hydrogens is 458 g/mol. The molecule has 1 amide bonds. The van der Waals surface area contributed by atoms with E-state index >= 15 is 0 Å². The van der Waals surface area contributed by atoms with Crippen molar-refractivity contribution >= 4 is 50.0 Å². The minimum atomic E-state index is -0.585. The number of benzene rings is 2. The lowest BCUT2D eigenvalue weighted by Gasteiger charge is -2.01. The molecule has 2 aromatic carbocycles. The molecule has 0 radical (unpaired) electrons. The number of hydrogen-bond donors (Lipinski definition) is 3. The Hall–Kier alpha value is -4.45. The van der Waals surface area contributed by atoms with Gasteiger partial charge in [0.1, 0.15) is 10.7 Å². The van der Waals surface area contributed by atoms with Gasteiger partial charge in [0.2, 0.25) is 5.13 Å². The Morgan fingerprint density at radius 3 is 2.74 bits per heavy atom. The minimum Gasteiger partial charge on any atom is -0.347 e. The van der Waals surface area contributed by atoms with Crippen LogP contribution in [0.25, 0.3) is 33.3 Å². The molecule has 34 heavy (non-hydrogen) atoms. The van der Waals surface area contributed by atoms with E-state index in [9.17, 15) is 19.7 Å². The Balaban J connectivity index is 1.42. The fourth-order valence-corrected chi connectivity index (χ4v) is 4.74. The SMILES string of the molecule is O=C(Nc1nnc(C2CC2)s1)c1ccc2[nH]c(-c3nc4ccccc4[nH]c3=O)c([N+](=O)[O-])c2c1. The van der Waals surface area contributed by atoms with Crippen molar-refractivity contribution in [3.63, 3.8) is 0 Å². The van der Waals surface area contributed by atoms with Crippen LogP contribution in [0.15, 0.2) is 47.3 Å². The number of aromatic amines is 2. The molecule has 0 bridgehead atoms. The molecule has 1 fully saturated rings. The van der Waals surface area contributed by atoms with Crippen LogP contribution in [0.5, 0.6) is 0 Å². The highest BCUT2D eigenvalue weighted by molar-refractivity contribution is 7.15. The van der Waals surface area contributed by atoms with Gasteiger partial charge in [-0.05, 0) is 43.2 Å². The first kappa shape index (κ1) is 20.2. The van der Waals surface area contributed by atoms with Crippen molar-refractivity contribution in [3.05, 3.63) is 73.5 Å². The number of amides is 1. The predicted molar refractivity (Wildman–Crippen MR) is 126 cm³/mol. The first-order valence-corrected chi connectivity index (χ1v) is 11.2. The van der Waals surface area contributed by atoms with Crippen LogP contribution in [0.4, 0.5) is 10.8 Å². The first-order valence-electron chi connectivity index (χ1n) is 10.4. The molecule has 12 heteroatoms. The van der Waals surface area contributed by atoms with Crippen molar-refractivity contribution < 1.29 is 9.72 Å². The van der Waals surface area contributed by atoms with Crippen LogP contribution in [0.1, 0.15) is 34.1 Å². The largest absolute Gasteiger partial charge is 0.347 e. The number of para-hydroxylation sites is 2. The molecule has 168 valence electrons. The first-order chi connectivity index (χ1) is 16.5. The molecule has 0 spiro atoms. The van der Waals surface area contributed by atoms with Gasteiger partial charge in [-0.1, -0.05) is 23.5 Å². The highest BCUT2D eigenvalue weighted by atomic mass is 32.1. The Bertz CT molecular complexity index is 1680. The van der Waals surface area contributed by atoms with Crippen molar-refractivity contribution in [2.24, 2.45) is 0 Å². The molecule has 1 aliphatic rings. The lowest BCUT2D eigenvalue weighted by molar-refractivity contribution is -0.382. The molecule has 11 nitrogen and oxygen atoms in total. The smallest absolute Gasteiger partial charge is 0.304 e. The highest BCUT2D eigenvalue weighted by Crippen LogP contribution is 2.42. The summed E-state index contributed by atoms with van der Waals surface area (Å²) in [5, 5.41) is 24.3. The normalized spacial score (nSPS) is 13.4. The van der Waals surface area contributed by atoms with Gasteiger partial charge < -0.3 is 9.97 Å². The van der Waals surface area contributed by atoms with E-state index in [0.29, 0.717) is 27.6 Å². The van der Waals surface area contributed by atoms with Gasteiger partial charge in [-0.15, -0.1) is 10.2 Å². The number of fused-ring (bicyclic) bond motifs is 2. The van der Waals surface area contributed by atoms with Gasteiger partial charge in [0, 0.05) is 11.5 Å². The zero-order valence-electron chi connectivity index (χ0n) is 17.4. The molecule has 0 saturated heterocycles. The summed E-state index contributed by atoms with van der Waals surface area (Å²) in [6, 6.07) is 11.4. The van der Waals surface area contributed by atoms with Crippen molar-refractivity contribution in [2.75, 3.05) is 5.32 Å². The molecule has 0 aliphatic heterocycles. The molecule has 6 rings (SSSR count). The van der Waals surface area contributed by atoms with Gasteiger partial charge in [-0.3, -0.25) is 25.0 Å². The molecule has 3 N–H and O–H groups in total. The lowest BCUT2D eigenvalue weighted by Crippen LogP contribution is -2.12. The van der Waals surface area contributed by atoms with Crippen molar-refractivity contribution in [3.8, 4) is 11.4 Å². The number of aromatic nitrogens is 5. The molecule has 3 heterocycles. The molecule has 5 aromatic rings. The third-order valence-corrected chi connectivity index (χ3v) is 6.64. The molecule has 1 saturated carbocycles. The number of carbonyl (C=O) groups is 1. The van der Waals surface area contributed by atoms with Crippen LogP contribution in [-0.2, 0) is 0 Å². The zero-order chi connectivity index (χ0) is 23.4. The Morgan fingerprint density at radius 2 is 1.94 bits per heavy atom. The minimum absolute atomic E-state index is 0.0252. The van der Waals surface area contributed by atoms with Crippen molar-refractivity contribution in [2.45, 2.75) is 18.8 Å². The summed E-state index contributed by atoms with van der Waals surface area (Å²) in [6.07, 6.45) is 2.15. The van der Waals surface area contributed by atoms with Crippen LogP contribution in [0.3, 0.4) is 0 Å². The van der Waals surface area contributed by atoms with Crippen LogP contribution < -0.4 is 10.9 Å². The van der Waals surface area contributed by atoms with Gasteiger partial charge in [0.15, 0.2) is 5.69 Å². The van der Waals surface area contributed by atoms with Crippen LogP contribution in [-0.4, -0.2) is 36.0 Å². The second kappa shape index (κ2) is 7.56. The number of carbonyl (C=O) groups excluding carboxylic acids is 1. The number of nitro groups is 1. The van der Waals surface area contributed by atoms with Crippen molar-refractivity contribution in [1.29, 1.82) is 0 Å². The predicted octanol–water partition coefficient (Wildman–Crippen LogP) is 3.96. The summed E-state index contributed by atoms with van der Waals surface area (Å²) in [7, 11) is 0. The molecule has 0 unspecified atom stereocenters. The van der Waals surface area contributed by atoms with E-state index in [0.717, 1.165) is 17.8 Å². The van der Waals surface area contributed by atoms with E-state index in [-0.39, 0.29) is 28.0 Å². The zero-order valence-corrected chi connectivity index (χ0v) is 18.2. The number of hydrogen-bond acceptors (Lipinski definition) is 8. The number of H-pyrrole nitrogens is 2. The third-order valence-electron chi connectivity index (χ3n) is 5.64. The topological polar surface area (TPSA) is 160 Å². The maximum absolute atomic E-state index is 12.8. The van der Waals surface area contributed by atoms with E-state index in [1.54, 1.807) is 36.4 Å². The van der Waals surface area contributed by atoms with E-state index in [2.05, 4.69) is 30.5 Å². The van der Waals surface area contributed by atoms with Crippen LogP contribution in [0.2, 0.25) is 0 Å². The monoisotopic (exact) mass is 473 g/mol. The van der Waals surface area contributed by atoms with Gasteiger partial charge in [0.25, 0.3) is 11.5 Å². The van der Waals surface area contributed by atoms with Gasteiger partial charge in [-0.2, -0.15) is 0 Å². The van der Waals surface area contributed by atoms with E-state index in [4.69, 9.17) is 0 Å². The van der Waals surface area contributed by atoms with E-state index in [1.807, 2.05) is 0 Å². The quantitative estimate of drug-likeness (QED) is 0.257. The highest BCUT2D eigenvalue weighted by Gasteiger charge is 2.29. The Labute approximate surface area is 194 Å². The maximum atomic E-state index is 12.8. The van der Waals surface area contributed by atoms with E-state index in [1.165, 1.54) is 17.4 Å². The maximum Gasteiger partial charge on any atom is 0.304 e. The van der Waals surface area contributed by atoms with Crippen molar-refractivity contribution in [1.82, 2.24) is 25.1 Å². The molecular formula is C22H15N7O4S. The lowest BCUT2D eigenvalue weighted by atomic mass is 10.1. The average Bonchev–Trinajstić information content (AvgIpc) is 3.45. The van der Waals surface area contributed by atoms with Gasteiger partial charge in [0.05, 0.1) is 26.9 Å². The third kappa shape index (κ3) is 3.40. The van der Waals surface area contributed by atoms with E-state index < -0.39 is 16.4 Å². The fourth-order valence-electron chi connectivity index (χ4n) is 3.83. The standard InChI is InChI=1S/C22H15N7O4S/c30-19(26-22-28-27-21(34-22)10-5-6-10)11-7-8-13-12(9-11)18(29(32)33)16(23-13)17-20(31)25-15-4-2-1-3-14(15)24-17/h1-4,7-10,23H,5-6H2,(H,25,31)(H,26,28,30). The molecule has 3 aromatic heterocycles. The number of nitrogens with one attached hydrogen (secondary N) is 3. The second-order valence-electron chi connectivity index (χ2n) is 7.97. The number of anilines is 1. The summed E-state index contributed by atoms with van der Waals surface area (Å²) in [6.45, 7) is 0. The molecule has 1 aliphatic carbocycles. The summed E-state index contributed by atoms with van der Waals surface area (Å²) in [5.74, 6) is -0.0357. The average molecular weight is 473 g/mol. The Kier molecular flexibility index (Phi) is 4.48. The number of nitrogens with zero attached hydrogens (tertiary/aromatic N) is 4. The summed E-state index contributed by atoms with van der Waals surface area (Å²) >= 11 is 1.33. The van der Waals surface area contributed by atoms with Crippen LogP contribution in [0, 0.1) is 10.1 Å². The summed E-state index contributed by atoms with van der Waals surface area (Å²) < 4.78 is 0. The van der Waals surface area contributed by atoms with Gasteiger partial charge in [-0.25, -0.2) is 4.98 Å². The summed E-state index contributed by atoms with van der Waals surface area (Å²) in [4.78, 5) is 46.9. The Morgan fingerprint density at radius 1 is 1.12 bits per heavy atom. The van der Waals surface area contributed by atoms with Crippen LogP contribution >= 0.6 is 11.3 Å². The molecule has 0 atom stereocenters.